The average Bonchev–Trinajstić information content (AvgIpc) is 3.15. The van der Waals surface area contributed by atoms with Gasteiger partial charge in [0.05, 0.1) is 35.6 Å². The number of nitrogens with zero attached hydrogens (tertiary/aromatic N) is 2. The summed E-state index contributed by atoms with van der Waals surface area (Å²) in [7, 11) is 1.33. The highest BCUT2D eigenvalue weighted by molar-refractivity contribution is 9.10. The van der Waals surface area contributed by atoms with Gasteiger partial charge in [0.15, 0.2) is 16.3 Å². The van der Waals surface area contributed by atoms with Crippen molar-refractivity contribution in [1.29, 1.82) is 0 Å². The Morgan fingerprint density at radius 3 is 2.65 bits per heavy atom. The standard InChI is InChI=1S/C25H23BrN2O5S/c1-4-17-21(24(31)32-3)22(14-9-7-6-8-10-14)28-23(30)20(34-25(28)27-17)12-15-11-19(33-5-2)18(29)13-16(15)26/h6-13,22,29H,4-5H2,1-3H3/b20-12-/t22-/m1/s1. The Morgan fingerprint density at radius 2 is 2.00 bits per heavy atom. The van der Waals surface area contributed by atoms with Crippen LogP contribution in [-0.2, 0) is 9.53 Å². The molecule has 0 bridgehead atoms. The number of hydrogen-bond acceptors (Lipinski definition) is 7. The van der Waals surface area contributed by atoms with Gasteiger partial charge in [-0.2, -0.15) is 0 Å². The average molecular weight is 543 g/mol. The molecule has 34 heavy (non-hydrogen) atoms. The largest absolute Gasteiger partial charge is 0.504 e. The number of hydrogen-bond donors (Lipinski definition) is 1. The van der Waals surface area contributed by atoms with Gasteiger partial charge in [0.1, 0.15) is 0 Å². The Morgan fingerprint density at radius 1 is 1.26 bits per heavy atom. The molecule has 0 fully saturated rings. The molecule has 3 aromatic rings. The van der Waals surface area contributed by atoms with Crippen molar-refractivity contribution in [2.75, 3.05) is 13.7 Å². The van der Waals surface area contributed by atoms with Crippen LogP contribution in [0.1, 0.15) is 37.4 Å². The van der Waals surface area contributed by atoms with Crippen LogP contribution in [0.3, 0.4) is 0 Å². The molecule has 0 spiro atoms. The number of aromatic nitrogens is 1. The highest BCUT2D eigenvalue weighted by atomic mass is 79.9. The number of ether oxygens (including phenoxy) is 2. The van der Waals surface area contributed by atoms with E-state index in [4.69, 9.17) is 9.47 Å². The highest BCUT2D eigenvalue weighted by Crippen LogP contribution is 2.34. The van der Waals surface area contributed by atoms with Gasteiger partial charge in [0.25, 0.3) is 5.56 Å². The van der Waals surface area contributed by atoms with E-state index in [-0.39, 0.29) is 11.3 Å². The van der Waals surface area contributed by atoms with Crippen LogP contribution in [0.4, 0.5) is 0 Å². The van der Waals surface area contributed by atoms with Gasteiger partial charge in [0.2, 0.25) is 0 Å². The summed E-state index contributed by atoms with van der Waals surface area (Å²) in [6.45, 7) is 4.14. The molecule has 0 saturated carbocycles. The molecule has 4 rings (SSSR count). The van der Waals surface area contributed by atoms with Gasteiger partial charge in [-0.15, -0.1) is 0 Å². The van der Waals surface area contributed by atoms with Crippen LogP contribution < -0.4 is 19.6 Å². The molecule has 2 aromatic carbocycles. The molecule has 0 unspecified atom stereocenters. The van der Waals surface area contributed by atoms with E-state index in [1.165, 1.54) is 24.5 Å². The number of esters is 1. The van der Waals surface area contributed by atoms with Crippen LogP contribution in [-0.4, -0.2) is 29.4 Å². The van der Waals surface area contributed by atoms with E-state index >= 15 is 0 Å². The number of allylic oxidation sites excluding steroid dienone is 1. The van der Waals surface area contributed by atoms with Gasteiger partial charge < -0.3 is 14.6 Å². The maximum absolute atomic E-state index is 13.7. The minimum absolute atomic E-state index is 0.00622. The molecule has 0 aliphatic carbocycles. The van der Waals surface area contributed by atoms with E-state index < -0.39 is 12.0 Å². The molecule has 1 aliphatic heterocycles. The number of methoxy groups -OCH3 is 1. The molecule has 176 valence electrons. The van der Waals surface area contributed by atoms with Crippen molar-refractivity contribution in [1.82, 2.24) is 4.57 Å². The first-order chi connectivity index (χ1) is 16.4. The maximum Gasteiger partial charge on any atom is 0.338 e. The predicted octanol–water partition coefficient (Wildman–Crippen LogP) is 3.67. The van der Waals surface area contributed by atoms with Gasteiger partial charge in [-0.1, -0.05) is 64.5 Å². The van der Waals surface area contributed by atoms with E-state index in [9.17, 15) is 14.7 Å². The maximum atomic E-state index is 13.7. The van der Waals surface area contributed by atoms with Crippen molar-refractivity contribution in [3.8, 4) is 11.5 Å². The third-order valence-corrected chi connectivity index (χ3v) is 7.10. The first-order valence-corrected chi connectivity index (χ1v) is 12.3. The van der Waals surface area contributed by atoms with Crippen LogP contribution in [0.5, 0.6) is 11.5 Å². The van der Waals surface area contributed by atoms with Gasteiger partial charge in [0, 0.05) is 4.47 Å². The zero-order valence-corrected chi connectivity index (χ0v) is 21.3. The minimum Gasteiger partial charge on any atom is -0.504 e. The fraction of sp³-hybridized carbons (Fsp3) is 0.240. The summed E-state index contributed by atoms with van der Waals surface area (Å²) < 4.78 is 13.2. The van der Waals surface area contributed by atoms with Crippen molar-refractivity contribution in [3.05, 3.63) is 89.0 Å². The molecule has 2 heterocycles. The second-order valence-electron chi connectivity index (χ2n) is 7.47. The van der Waals surface area contributed by atoms with Gasteiger partial charge in [-0.05, 0) is 42.7 Å². The zero-order chi connectivity index (χ0) is 24.4. The Bertz CT molecular complexity index is 1460. The quantitative estimate of drug-likeness (QED) is 0.480. The number of rotatable bonds is 6. The van der Waals surface area contributed by atoms with Crippen LogP contribution >= 0.6 is 27.3 Å². The van der Waals surface area contributed by atoms with E-state index in [1.807, 2.05) is 44.2 Å². The number of aromatic hydroxyl groups is 1. The van der Waals surface area contributed by atoms with Crippen LogP contribution in [0.2, 0.25) is 0 Å². The van der Waals surface area contributed by atoms with Crippen molar-refractivity contribution in [3.63, 3.8) is 0 Å². The predicted molar refractivity (Wildman–Crippen MR) is 134 cm³/mol. The molecular weight excluding hydrogens is 520 g/mol. The molecule has 7 nitrogen and oxygen atoms in total. The topological polar surface area (TPSA) is 90.1 Å². The minimum atomic E-state index is -0.649. The van der Waals surface area contributed by atoms with E-state index in [0.717, 1.165) is 5.56 Å². The Labute approximate surface area is 208 Å². The van der Waals surface area contributed by atoms with E-state index in [0.29, 0.717) is 49.4 Å². The molecule has 1 atom stereocenters. The summed E-state index contributed by atoms with van der Waals surface area (Å²) in [5.41, 5.74) is 2.15. The van der Waals surface area contributed by atoms with Crippen molar-refractivity contribution in [2.45, 2.75) is 26.3 Å². The zero-order valence-electron chi connectivity index (χ0n) is 18.9. The fourth-order valence-electron chi connectivity index (χ4n) is 3.90. The number of carbonyl (C=O) groups excluding carboxylic acids is 1. The van der Waals surface area contributed by atoms with Crippen LogP contribution in [0.25, 0.3) is 6.08 Å². The lowest BCUT2D eigenvalue weighted by Crippen LogP contribution is -2.40. The van der Waals surface area contributed by atoms with Gasteiger partial charge in [-0.25, -0.2) is 9.79 Å². The Balaban J connectivity index is 1.98. The van der Waals surface area contributed by atoms with Crippen molar-refractivity contribution < 1.29 is 19.4 Å². The summed E-state index contributed by atoms with van der Waals surface area (Å²) in [5, 5.41) is 10.1. The molecule has 1 aromatic heterocycles. The lowest BCUT2D eigenvalue weighted by Gasteiger charge is -2.25. The summed E-state index contributed by atoms with van der Waals surface area (Å²) in [4.78, 5) is 31.6. The number of halogens is 1. The molecule has 1 aliphatic rings. The fourth-order valence-corrected chi connectivity index (χ4v) is 5.35. The first-order valence-electron chi connectivity index (χ1n) is 10.7. The number of benzene rings is 2. The SMILES string of the molecule is CCOc1cc(/C=c2\sc3n(c2=O)[C@H](c2ccccc2)C(C(=O)OC)=C(CC)N=3)c(Br)cc1O. The molecule has 0 saturated heterocycles. The number of fused-ring (bicyclic) bond motifs is 1. The lowest BCUT2D eigenvalue weighted by atomic mass is 9.95. The van der Waals surface area contributed by atoms with E-state index in [2.05, 4.69) is 20.9 Å². The monoisotopic (exact) mass is 542 g/mol. The molecule has 0 radical (unpaired) electrons. The Kier molecular flexibility index (Phi) is 7.04. The summed E-state index contributed by atoms with van der Waals surface area (Å²) in [6.07, 6.45) is 2.24. The normalized spacial score (nSPS) is 15.6. The molecular formula is C25H23BrN2O5S. The third kappa shape index (κ3) is 4.33. The summed E-state index contributed by atoms with van der Waals surface area (Å²) >= 11 is 4.70. The number of thiazole rings is 1. The van der Waals surface area contributed by atoms with Crippen LogP contribution in [0, 0.1) is 0 Å². The van der Waals surface area contributed by atoms with Crippen molar-refractivity contribution in [2.24, 2.45) is 4.99 Å². The second kappa shape index (κ2) is 9.99. The third-order valence-electron chi connectivity index (χ3n) is 5.43. The lowest BCUT2D eigenvalue weighted by molar-refractivity contribution is -0.136. The second-order valence-corrected chi connectivity index (χ2v) is 9.34. The number of phenols is 1. The number of carbonyl (C=O) groups is 1. The Hall–Kier alpha value is -3.17. The molecule has 9 heteroatoms. The number of phenolic OH excluding ortho intramolecular Hbond substituents is 1. The molecule has 1 N–H and O–H groups in total. The van der Waals surface area contributed by atoms with Gasteiger partial charge in [-0.3, -0.25) is 9.36 Å². The summed E-state index contributed by atoms with van der Waals surface area (Å²) in [6, 6.07) is 11.9. The smallest absolute Gasteiger partial charge is 0.338 e. The van der Waals surface area contributed by atoms with Crippen LogP contribution in [0.15, 0.2) is 68.0 Å². The highest BCUT2D eigenvalue weighted by Gasteiger charge is 2.33. The van der Waals surface area contributed by atoms with Crippen molar-refractivity contribution >= 4 is 39.3 Å². The van der Waals surface area contributed by atoms with Gasteiger partial charge >= 0.3 is 5.97 Å². The van der Waals surface area contributed by atoms with E-state index in [1.54, 1.807) is 16.7 Å². The summed E-state index contributed by atoms with van der Waals surface area (Å²) in [5.74, 6) is -0.175. The first kappa shape index (κ1) is 24.0. The molecule has 0 amide bonds.